The number of allylic oxidation sites excluding steroid dienone is 3. The van der Waals surface area contributed by atoms with Crippen molar-refractivity contribution in [3.05, 3.63) is 111 Å². The summed E-state index contributed by atoms with van der Waals surface area (Å²) in [7, 11) is 0. The van der Waals surface area contributed by atoms with Gasteiger partial charge in [0.1, 0.15) is 17.1 Å². The highest BCUT2D eigenvalue weighted by Gasteiger charge is 2.36. The summed E-state index contributed by atoms with van der Waals surface area (Å²) < 4.78 is 9.04. The van der Waals surface area contributed by atoms with Crippen LogP contribution in [-0.4, -0.2) is 42.4 Å². The Morgan fingerprint density at radius 3 is 2.57 bits per heavy atom. The number of rotatable bonds is 13. The molecule has 2 N–H and O–H groups in total. The fourth-order valence-corrected chi connectivity index (χ4v) is 8.63. The van der Waals surface area contributed by atoms with E-state index in [4.69, 9.17) is 4.74 Å². The number of nitrogens with zero attached hydrogens (tertiary/aromatic N) is 2. The largest absolute Gasteiger partial charge is 0.494 e. The van der Waals surface area contributed by atoms with Crippen LogP contribution >= 0.6 is 34.9 Å². The van der Waals surface area contributed by atoms with E-state index in [0.717, 1.165) is 66.5 Å². The van der Waals surface area contributed by atoms with Crippen molar-refractivity contribution in [1.29, 1.82) is 0 Å². The first-order chi connectivity index (χ1) is 21.6. The third-order valence-corrected chi connectivity index (χ3v) is 10.9. The summed E-state index contributed by atoms with van der Waals surface area (Å²) in [6.07, 6.45) is 6.10. The zero-order valence-corrected chi connectivity index (χ0v) is 27.0. The summed E-state index contributed by atoms with van der Waals surface area (Å²) in [6, 6.07) is 24.4. The lowest BCUT2D eigenvalue weighted by atomic mass is 9.89. The molecule has 0 saturated heterocycles. The summed E-state index contributed by atoms with van der Waals surface area (Å²) in [4.78, 5) is 18.0. The lowest BCUT2D eigenvalue weighted by Crippen LogP contribution is -2.37. The van der Waals surface area contributed by atoms with Gasteiger partial charge >= 0.3 is 0 Å². The normalized spacial score (nSPS) is 16.3. The number of aliphatic hydroxyl groups excluding tert-OH is 2. The van der Waals surface area contributed by atoms with Crippen LogP contribution in [0.1, 0.15) is 30.3 Å². The predicted octanol–water partition coefficient (Wildman–Crippen LogP) is 6.96. The van der Waals surface area contributed by atoms with Gasteiger partial charge in [-0.2, -0.15) is 4.57 Å². The summed E-state index contributed by atoms with van der Waals surface area (Å²) in [5, 5.41) is 21.5. The van der Waals surface area contributed by atoms with Crippen LogP contribution in [0.25, 0.3) is 16.3 Å². The van der Waals surface area contributed by atoms with Crippen LogP contribution < -0.4 is 14.2 Å². The molecule has 0 bridgehead atoms. The Hall–Kier alpha value is -3.34. The molecule has 2 aliphatic rings. The average Bonchev–Trinajstić information content (AvgIpc) is 3.58. The number of Topliss-reactive ketones (excluding diaryl/α,β-unsaturated/α-hetero) is 1. The molecule has 0 unspecified atom stereocenters. The molecule has 0 amide bonds. The maximum absolute atomic E-state index is 13.8. The van der Waals surface area contributed by atoms with Crippen LogP contribution in [-0.2, 0) is 17.1 Å². The second kappa shape index (κ2) is 14.2. The van der Waals surface area contributed by atoms with Crippen molar-refractivity contribution in [2.24, 2.45) is 0 Å². The number of thiazole rings is 1. The molecule has 6 nitrogen and oxygen atoms in total. The quantitative estimate of drug-likeness (QED) is 0.0927. The number of thioether (sulfide) groups is 2. The number of ketones is 1. The first-order valence-electron chi connectivity index (χ1n) is 14.9. The fourth-order valence-electron chi connectivity index (χ4n) is 5.25. The van der Waals surface area contributed by atoms with Crippen LogP contribution in [0.3, 0.4) is 0 Å². The van der Waals surface area contributed by atoms with E-state index in [-0.39, 0.29) is 19.0 Å². The topological polar surface area (TPSA) is 73.9 Å². The van der Waals surface area contributed by atoms with Crippen LogP contribution in [0.5, 0.6) is 5.75 Å². The SMILES string of the molecule is CCCCOc1ccc(CSC2=C(/C=C3/Sc4ccccc4N3CCO)C(=O)/C2=C/c2sc3ccccc3[n+]2CCO)cc1. The van der Waals surface area contributed by atoms with E-state index < -0.39 is 0 Å². The number of aromatic nitrogens is 1. The summed E-state index contributed by atoms with van der Waals surface area (Å²) in [6.45, 7) is 3.81. The summed E-state index contributed by atoms with van der Waals surface area (Å²) in [5.74, 6) is 1.59. The number of fused-ring (bicyclic) bond motifs is 2. The van der Waals surface area contributed by atoms with E-state index in [9.17, 15) is 15.0 Å². The predicted molar refractivity (Wildman–Crippen MR) is 182 cm³/mol. The molecule has 0 atom stereocenters. The Morgan fingerprint density at radius 2 is 1.77 bits per heavy atom. The van der Waals surface area contributed by atoms with Gasteiger partial charge in [-0.05, 0) is 48.4 Å². The minimum absolute atomic E-state index is 0.00758. The van der Waals surface area contributed by atoms with E-state index >= 15 is 0 Å². The Labute approximate surface area is 270 Å². The Morgan fingerprint density at radius 1 is 0.977 bits per heavy atom. The van der Waals surface area contributed by atoms with Gasteiger partial charge in [0.25, 0.3) is 5.01 Å². The molecule has 1 aromatic heterocycles. The molecule has 9 heteroatoms. The van der Waals surface area contributed by atoms with Crippen molar-refractivity contribution in [3.63, 3.8) is 0 Å². The van der Waals surface area contributed by atoms with Crippen molar-refractivity contribution < 1.29 is 24.3 Å². The van der Waals surface area contributed by atoms with Gasteiger partial charge in [0.05, 0.1) is 23.9 Å². The van der Waals surface area contributed by atoms with Crippen molar-refractivity contribution in [3.8, 4) is 5.75 Å². The highest BCUT2D eigenvalue weighted by atomic mass is 32.2. The van der Waals surface area contributed by atoms with E-state index in [1.165, 1.54) is 0 Å². The van der Waals surface area contributed by atoms with Gasteiger partial charge in [-0.1, -0.05) is 72.8 Å². The number of carbonyl (C=O) groups is 1. The number of ether oxygens (including phenoxy) is 1. The van der Waals surface area contributed by atoms with E-state index in [2.05, 4.69) is 40.7 Å². The van der Waals surface area contributed by atoms with Crippen LogP contribution in [0.15, 0.2) is 105 Å². The molecule has 0 fully saturated rings. The monoisotopic (exact) mass is 643 g/mol. The minimum atomic E-state index is 0.00758. The van der Waals surface area contributed by atoms with Crippen LogP contribution in [0.2, 0.25) is 0 Å². The second-order valence-electron chi connectivity index (χ2n) is 10.5. The highest BCUT2D eigenvalue weighted by Crippen LogP contribution is 2.49. The summed E-state index contributed by atoms with van der Waals surface area (Å²) in [5.41, 5.74) is 4.62. The van der Waals surface area contributed by atoms with E-state index in [1.807, 2.05) is 60.7 Å². The molecule has 1 aliphatic heterocycles. The maximum atomic E-state index is 13.8. The number of unbranched alkanes of at least 4 members (excludes halogenated alkanes) is 1. The van der Waals surface area contributed by atoms with Gasteiger partial charge < -0.3 is 19.8 Å². The van der Waals surface area contributed by atoms with Gasteiger partial charge in [-0.25, -0.2) is 0 Å². The molecule has 1 aliphatic carbocycles. The summed E-state index contributed by atoms with van der Waals surface area (Å²) >= 11 is 4.91. The molecule has 0 saturated carbocycles. The Balaban J connectivity index is 1.35. The molecular weight excluding hydrogens is 609 g/mol. The first kappa shape index (κ1) is 30.7. The number of anilines is 1. The molecule has 0 spiro atoms. The minimum Gasteiger partial charge on any atom is -0.494 e. The lowest BCUT2D eigenvalue weighted by molar-refractivity contribution is -0.670. The Kier molecular flexibility index (Phi) is 9.88. The maximum Gasteiger partial charge on any atom is 0.263 e. The van der Waals surface area contributed by atoms with Crippen LogP contribution in [0, 0.1) is 0 Å². The standard InChI is InChI=1S/C35H35N2O4S3/c1-2-3-20-41-25-14-12-24(13-15-25)23-42-35-26(21-32-36(16-18-38)28-8-4-6-10-30(28)43-32)34(40)27(35)22-33-37(17-19-39)29-9-5-7-11-31(29)44-33/h4-15,21-22,38-39H,2-3,16-20,23H2,1H3/q+1. The lowest BCUT2D eigenvalue weighted by Gasteiger charge is -2.25. The zero-order valence-electron chi connectivity index (χ0n) is 24.6. The number of hydrogen-bond donors (Lipinski definition) is 2. The molecule has 2 heterocycles. The molecule has 6 rings (SSSR count). The van der Waals surface area contributed by atoms with Gasteiger partial charge in [0.15, 0.2) is 12.3 Å². The highest BCUT2D eigenvalue weighted by molar-refractivity contribution is 8.04. The molecule has 4 aromatic rings. The third-order valence-electron chi connectivity index (χ3n) is 7.51. The molecule has 3 aromatic carbocycles. The number of hydrogen-bond acceptors (Lipinski definition) is 8. The van der Waals surface area contributed by atoms with E-state index in [0.29, 0.717) is 30.0 Å². The molecular formula is C35H35N2O4S3+. The fraction of sp³-hybridized carbons (Fsp3) is 0.257. The third kappa shape index (κ3) is 6.39. The van der Waals surface area contributed by atoms with Crippen molar-refractivity contribution in [2.75, 3.05) is 31.3 Å². The smallest absolute Gasteiger partial charge is 0.263 e. The van der Waals surface area contributed by atoms with Gasteiger partial charge in [0, 0.05) is 45.4 Å². The number of benzene rings is 3. The number of aliphatic hydroxyl groups is 2. The Bertz CT molecular complexity index is 1760. The van der Waals surface area contributed by atoms with Crippen molar-refractivity contribution in [1.82, 2.24) is 0 Å². The number of β-amino-alcohol motifs (C(OH)–C–C–N with tert-alkyl or cyclic N) is 1. The average molecular weight is 644 g/mol. The molecule has 44 heavy (non-hydrogen) atoms. The van der Waals surface area contributed by atoms with Crippen LogP contribution in [0.4, 0.5) is 5.69 Å². The van der Waals surface area contributed by atoms with Crippen molar-refractivity contribution >= 4 is 62.6 Å². The van der Waals surface area contributed by atoms with Gasteiger partial charge in [-0.3, -0.25) is 4.79 Å². The molecule has 0 radical (unpaired) electrons. The first-order valence-corrected chi connectivity index (χ1v) is 17.5. The van der Waals surface area contributed by atoms with Gasteiger partial charge in [-0.15, -0.1) is 11.8 Å². The zero-order chi connectivity index (χ0) is 30.5. The number of carbonyl (C=O) groups excluding carboxylic acids is 1. The number of para-hydroxylation sites is 2. The van der Waals surface area contributed by atoms with Gasteiger partial charge in [0.2, 0.25) is 5.52 Å². The van der Waals surface area contributed by atoms with E-state index in [1.54, 1.807) is 34.9 Å². The second-order valence-corrected chi connectivity index (χ2v) is 13.6. The van der Waals surface area contributed by atoms with Crippen molar-refractivity contribution in [2.45, 2.75) is 37.0 Å². The molecule has 226 valence electrons.